The van der Waals surface area contributed by atoms with E-state index in [9.17, 15) is 4.79 Å². The van der Waals surface area contributed by atoms with Crippen molar-refractivity contribution in [2.45, 2.75) is 32.4 Å². The highest BCUT2D eigenvalue weighted by atomic mass is 79.9. The summed E-state index contributed by atoms with van der Waals surface area (Å²) in [5.74, 6) is 0.101. The number of aryl methyl sites for hydroxylation is 1. The Morgan fingerprint density at radius 1 is 1.55 bits per heavy atom. The molecule has 1 amide bonds. The molecule has 6 heteroatoms. The van der Waals surface area contributed by atoms with E-state index >= 15 is 0 Å². The molecular formula is C14H21BrN2O2S. The summed E-state index contributed by atoms with van der Waals surface area (Å²) < 4.78 is 6.09. The van der Waals surface area contributed by atoms with Gasteiger partial charge in [0.1, 0.15) is 6.61 Å². The van der Waals surface area contributed by atoms with Gasteiger partial charge >= 0.3 is 0 Å². The van der Waals surface area contributed by atoms with Crippen molar-refractivity contribution in [3.05, 3.63) is 20.3 Å². The van der Waals surface area contributed by atoms with Gasteiger partial charge in [0.05, 0.1) is 0 Å². The molecule has 1 N–H and O–H groups in total. The second-order valence-electron chi connectivity index (χ2n) is 5.09. The molecule has 0 spiro atoms. The number of rotatable bonds is 5. The minimum Gasteiger partial charge on any atom is -0.375 e. The first-order chi connectivity index (χ1) is 9.60. The third-order valence-corrected chi connectivity index (χ3v) is 5.73. The number of piperidine rings is 1. The maximum absolute atomic E-state index is 11.7. The third-order valence-electron chi connectivity index (χ3n) is 3.59. The van der Waals surface area contributed by atoms with Gasteiger partial charge in [-0.05, 0) is 41.8 Å². The van der Waals surface area contributed by atoms with Crippen molar-refractivity contribution in [2.24, 2.45) is 0 Å². The normalized spacial score (nSPS) is 16.6. The lowest BCUT2D eigenvalue weighted by atomic mass is 10.1. The van der Waals surface area contributed by atoms with E-state index in [0.29, 0.717) is 6.04 Å². The van der Waals surface area contributed by atoms with Gasteiger partial charge in [-0.25, -0.2) is 0 Å². The van der Waals surface area contributed by atoms with Gasteiger partial charge in [-0.1, -0.05) is 0 Å². The molecule has 0 atom stereocenters. The highest BCUT2D eigenvalue weighted by Crippen LogP contribution is 2.26. The number of amides is 1. The van der Waals surface area contributed by atoms with Crippen LogP contribution in [0.5, 0.6) is 0 Å². The zero-order valence-electron chi connectivity index (χ0n) is 11.9. The quantitative estimate of drug-likeness (QED) is 0.877. The second-order valence-corrected chi connectivity index (χ2v) is 7.28. The van der Waals surface area contributed by atoms with Crippen LogP contribution in [-0.2, 0) is 16.1 Å². The van der Waals surface area contributed by atoms with Crippen LogP contribution in [-0.4, -0.2) is 43.7 Å². The van der Waals surface area contributed by atoms with Gasteiger partial charge in [0.15, 0.2) is 0 Å². The predicted molar refractivity (Wildman–Crippen MR) is 85.1 cm³/mol. The molecule has 1 aliphatic heterocycles. The van der Waals surface area contributed by atoms with Crippen molar-refractivity contribution < 1.29 is 9.53 Å². The first kappa shape index (κ1) is 15.9. The number of ether oxygens (including phenoxy) is 1. The topological polar surface area (TPSA) is 41.6 Å². The number of nitrogens with one attached hydrogen (secondary N) is 1. The van der Waals surface area contributed by atoms with Crippen molar-refractivity contribution in [1.29, 1.82) is 0 Å². The lowest BCUT2D eigenvalue weighted by Gasteiger charge is -2.32. The molecule has 2 rings (SSSR count). The van der Waals surface area contributed by atoms with Crippen molar-refractivity contribution in [3.8, 4) is 0 Å². The van der Waals surface area contributed by atoms with E-state index < -0.39 is 0 Å². The van der Waals surface area contributed by atoms with Gasteiger partial charge in [-0.3, -0.25) is 4.79 Å². The molecule has 1 aromatic heterocycles. The Bertz CT molecular complexity index is 437. The zero-order chi connectivity index (χ0) is 14.5. The standard InChI is InChI=1S/C14H21BrN2O2S/c1-10-13(15)7-12(20-10)8-16-11-3-5-17(6-4-11)14(18)9-19-2/h7,11,16H,3-6,8-9H2,1-2H3. The molecule has 1 fully saturated rings. The number of carbonyl (C=O) groups is 1. The van der Waals surface area contributed by atoms with Crippen LogP contribution in [0.4, 0.5) is 0 Å². The average molecular weight is 361 g/mol. The highest BCUT2D eigenvalue weighted by Gasteiger charge is 2.22. The summed E-state index contributed by atoms with van der Waals surface area (Å²) in [4.78, 5) is 16.3. The number of nitrogens with zero attached hydrogens (tertiary/aromatic N) is 1. The first-order valence-electron chi connectivity index (χ1n) is 6.85. The summed E-state index contributed by atoms with van der Waals surface area (Å²) in [5.41, 5.74) is 0. The van der Waals surface area contributed by atoms with Gasteiger partial charge < -0.3 is 15.0 Å². The van der Waals surface area contributed by atoms with Crippen LogP contribution in [0.25, 0.3) is 0 Å². The Labute approximate surface area is 132 Å². The average Bonchev–Trinajstić information content (AvgIpc) is 2.76. The molecule has 0 aromatic carbocycles. The summed E-state index contributed by atoms with van der Waals surface area (Å²) in [7, 11) is 1.56. The Morgan fingerprint density at radius 2 is 2.25 bits per heavy atom. The van der Waals surface area contributed by atoms with Crippen LogP contribution in [0.2, 0.25) is 0 Å². The molecule has 1 saturated heterocycles. The van der Waals surface area contributed by atoms with Crippen LogP contribution in [0, 0.1) is 6.92 Å². The summed E-state index contributed by atoms with van der Waals surface area (Å²) in [6, 6.07) is 2.69. The number of carbonyl (C=O) groups excluding carboxylic acids is 1. The molecule has 0 saturated carbocycles. The summed E-state index contributed by atoms with van der Waals surface area (Å²) in [5, 5.41) is 3.59. The second kappa shape index (κ2) is 7.54. The van der Waals surface area contributed by atoms with Gasteiger partial charge in [0.2, 0.25) is 5.91 Å². The van der Waals surface area contributed by atoms with Crippen LogP contribution in [0.15, 0.2) is 10.5 Å². The minimum absolute atomic E-state index is 0.101. The lowest BCUT2D eigenvalue weighted by Crippen LogP contribution is -2.45. The van der Waals surface area contributed by atoms with Gasteiger partial charge in [-0.15, -0.1) is 11.3 Å². The molecule has 0 radical (unpaired) electrons. The smallest absolute Gasteiger partial charge is 0.248 e. The van der Waals surface area contributed by atoms with E-state index in [1.165, 1.54) is 14.2 Å². The van der Waals surface area contributed by atoms with E-state index in [1.807, 2.05) is 16.2 Å². The molecule has 0 aliphatic carbocycles. The lowest BCUT2D eigenvalue weighted by molar-refractivity contribution is -0.136. The van der Waals surface area contributed by atoms with Crippen molar-refractivity contribution >= 4 is 33.2 Å². The Hall–Kier alpha value is -0.430. The number of halogens is 1. The van der Waals surface area contributed by atoms with Crippen molar-refractivity contribution in [2.75, 3.05) is 26.8 Å². The minimum atomic E-state index is 0.101. The molecule has 0 unspecified atom stereocenters. The molecule has 0 bridgehead atoms. The number of likely N-dealkylation sites (tertiary alicyclic amines) is 1. The largest absolute Gasteiger partial charge is 0.375 e. The zero-order valence-corrected chi connectivity index (χ0v) is 14.3. The number of hydrogen-bond donors (Lipinski definition) is 1. The maximum atomic E-state index is 11.7. The predicted octanol–water partition coefficient (Wildman–Crippen LogP) is 2.55. The molecular weight excluding hydrogens is 340 g/mol. The number of methoxy groups -OCH3 is 1. The van der Waals surface area contributed by atoms with E-state index in [0.717, 1.165) is 32.5 Å². The Balaban J connectivity index is 1.73. The fraction of sp³-hybridized carbons (Fsp3) is 0.643. The number of hydrogen-bond acceptors (Lipinski definition) is 4. The molecule has 2 heterocycles. The number of thiophene rings is 1. The van der Waals surface area contributed by atoms with Crippen LogP contribution in [0.1, 0.15) is 22.6 Å². The monoisotopic (exact) mass is 360 g/mol. The van der Waals surface area contributed by atoms with E-state index in [-0.39, 0.29) is 12.5 Å². The summed E-state index contributed by atoms with van der Waals surface area (Å²) in [6.45, 7) is 4.88. The third kappa shape index (κ3) is 4.28. The molecule has 4 nitrogen and oxygen atoms in total. The van der Waals surface area contributed by atoms with Crippen LogP contribution >= 0.6 is 27.3 Å². The van der Waals surface area contributed by atoms with E-state index in [4.69, 9.17) is 4.74 Å². The fourth-order valence-corrected chi connectivity index (χ4v) is 3.95. The summed E-state index contributed by atoms with van der Waals surface area (Å²) >= 11 is 5.37. The molecule has 112 valence electrons. The first-order valence-corrected chi connectivity index (χ1v) is 8.46. The van der Waals surface area contributed by atoms with Crippen molar-refractivity contribution in [1.82, 2.24) is 10.2 Å². The van der Waals surface area contributed by atoms with Crippen molar-refractivity contribution in [3.63, 3.8) is 0 Å². The van der Waals surface area contributed by atoms with Crippen LogP contribution in [0.3, 0.4) is 0 Å². The highest BCUT2D eigenvalue weighted by molar-refractivity contribution is 9.10. The summed E-state index contributed by atoms with van der Waals surface area (Å²) in [6.07, 6.45) is 2.03. The molecule has 1 aromatic rings. The maximum Gasteiger partial charge on any atom is 0.248 e. The SMILES string of the molecule is COCC(=O)N1CCC(NCc2cc(Br)c(C)s2)CC1. The molecule has 20 heavy (non-hydrogen) atoms. The fourth-order valence-electron chi connectivity index (χ4n) is 2.40. The van der Waals surface area contributed by atoms with Gasteiger partial charge in [0, 0.05) is 47.0 Å². The van der Waals surface area contributed by atoms with E-state index in [1.54, 1.807) is 7.11 Å². The van der Waals surface area contributed by atoms with Crippen LogP contribution < -0.4 is 5.32 Å². The van der Waals surface area contributed by atoms with Gasteiger partial charge in [0.25, 0.3) is 0 Å². The van der Waals surface area contributed by atoms with Gasteiger partial charge in [-0.2, -0.15) is 0 Å². The van der Waals surface area contributed by atoms with E-state index in [2.05, 4.69) is 34.2 Å². The Morgan fingerprint density at radius 3 is 2.80 bits per heavy atom. The molecule has 1 aliphatic rings. The Kier molecular flexibility index (Phi) is 6.01.